The van der Waals surface area contributed by atoms with Crippen LogP contribution in [-0.4, -0.2) is 20.9 Å². The fourth-order valence-electron chi connectivity index (χ4n) is 4.14. The summed E-state index contributed by atoms with van der Waals surface area (Å²) in [6, 6.07) is 3.98. The quantitative estimate of drug-likeness (QED) is 0.741. The van der Waals surface area contributed by atoms with E-state index in [9.17, 15) is 14.4 Å². The molecule has 0 saturated carbocycles. The first-order chi connectivity index (χ1) is 12.1. The molecule has 4 rings (SSSR count). The lowest BCUT2D eigenvalue weighted by molar-refractivity contribution is -0.121. The molecule has 2 aliphatic heterocycles. The lowest BCUT2D eigenvalue weighted by Crippen LogP contribution is -2.53. The summed E-state index contributed by atoms with van der Waals surface area (Å²) in [5, 5.41) is 0. The van der Waals surface area contributed by atoms with Gasteiger partial charge < -0.3 is 9.13 Å². The van der Waals surface area contributed by atoms with E-state index in [-0.39, 0.29) is 46.9 Å². The molecule has 0 aliphatic carbocycles. The van der Waals surface area contributed by atoms with Crippen molar-refractivity contribution in [3.05, 3.63) is 40.3 Å². The summed E-state index contributed by atoms with van der Waals surface area (Å²) in [4.78, 5) is 38.6. The summed E-state index contributed by atoms with van der Waals surface area (Å²) in [5.41, 5.74) is 1.62. The maximum Gasteiger partial charge on any atom is 0.234 e. The fraction of sp³-hybridized carbons (Fsp3) is 0.450. The van der Waals surface area contributed by atoms with Crippen molar-refractivity contribution in [2.75, 3.05) is 4.90 Å². The number of amides is 2. The zero-order chi connectivity index (χ0) is 19.0. The van der Waals surface area contributed by atoms with E-state index in [1.807, 2.05) is 18.3 Å². The van der Waals surface area contributed by atoms with Gasteiger partial charge in [0.25, 0.3) is 0 Å². The highest BCUT2D eigenvalue weighted by molar-refractivity contribution is 6.19. The number of hydrogen-bond acceptors (Lipinski definition) is 3. The first kappa shape index (κ1) is 16.8. The highest BCUT2D eigenvalue weighted by atomic mass is 16.2. The molecule has 0 aromatic carbocycles. The van der Waals surface area contributed by atoms with Gasteiger partial charge in [0.2, 0.25) is 17.2 Å². The molecule has 0 N–H and O–H groups in total. The highest BCUT2D eigenvalue weighted by Gasteiger charge is 2.46. The van der Waals surface area contributed by atoms with Gasteiger partial charge in [-0.3, -0.25) is 14.4 Å². The molecule has 0 radical (unpaired) electrons. The largest absolute Gasteiger partial charge is 0.338 e. The minimum absolute atomic E-state index is 0.164. The van der Waals surface area contributed by atoms with E-state index < -0.39 is 0 Å². The van der Waals surface area contributed by atoms with Gasteiger partial charge in [0.1, 0.15) is 5.69 Å². The normalized spacial score (nSPS) is 20.3. The molecule has 0 spiro atoms. The summed E-state index contributed by atoms with van der Waals surface area (Å²) in [7, 11) is 0. The molecular weight excluding hydrogens is 330 g/mol. The Morgan fingerprint density at radius 3 is 2.12 bits per heavy atom. The summed E-state index contributed by atoms with van der Waals surface area (Å²) in [6.45, 7) is 10.3. The van der Waals surface area contributed by atoms with Gasteiger partial charge in [0, 0.05) is 30.8 Å². The number of nitrogens with zero attached hydrogens (tertiary/aromatic N) is 3. The number of imide groups is 1. The molecule has 6 nitrogen and oxygen atoms in total. The second-order valence-corrected chi connectivity index (χ2v) is 8.19. The van der Waals surface area contributed by atoms with Crippen LogP contribution in [0, 0.1) is 6.92 Å². The maximum absolute atomic E-state index is 13.1. The maximum atomic E-state index is 13.1. The summed E-state index contributed by atoms with van der Waals surface area (Å²) in [6.07, 6.45) is 4.06. The zero-order valence-electron chi connectivity index (χ0n) is 15.8. The minimum atomic E-state index is -0.382. The molecule has 6 heteroatoms. The Morgan fingerprint density at radius 1 is 0.923 bits per heavy atom. The molecule has 4 heterocycles. The number of carbonyl (C=O) groups is 2. The third-order valence-corrected chi connectivity index (χ3v) is 6.41. The third-order valence-electron chi connectivity index (χ3n) is 6.41. The lowest BCUT2D eigenvalue weighted by Gasteiger charge is -2.50. The van der Waals surface area contributed by atoms with Crippen LogP contribution in [0.4, 0.5) is 5.69 Å². The van der Waals surface area contributed by atoms with Crippen molar-refractivity contribution in [1.82, 2.24) is 9.13 Å². The molecule has 0 unspecified atom stereocenters. The number of aromatic nitrogens is 2. The number of hydrogen-bond donors (Lipinski definition) is 0. The Morgan fingerprint density at radius 2 is 1.50 bits per heavy atom. The molecule has 2 aliphatic rings. The van der Waals surface area contributed by atoms with E-state index in [1.165, 1.54) is 0 Å². The Hall–Kier alpha value is -2.63. The summed E-state index contributed by atoms with van der Waals surface area (Å²) < 4.78 is 4.26. The van der Waals surface area contributed by atoms with Crippen molar-refractivity contribution in [2.24, 2.45) is 0 Å². The molecule has 2 aromatic heterocycles. The number of anilines is 1. The average Bonchev–Trinajstić information content (AvgIpc) is 3.17. The van der Waals surface area contributed by atoms with Crippen LogP contribution in [-0.2, 0) is 20.7 Å². The molecule has 0 atom stereocenters. The van der Waals surface area contributed by atoms with Gasteiger partial charge in [-0.25, -0.2) is 4.90 Å². The molecule has 1 fully saturated rings. The number of carbonyl (C=O) groups excluding carboxylic acids is 2. The Kier molecular flexibility index (Phi) is 3.21. The van der Waals surface area contributed by atoms with Gasteiger partial charge in [-0.1, -0.05) is 0 Å². The highest BCUT2D eigenvalue weighted by Crippen LogP contribution is 2.46. The van der Waals surface area contributed by atoms with Crippen LogP contribution in [0.1, 0.15) is 46.1 Å². The first-order valence-corrected chi connectivity index (χ1v) is 8.90. The molecule has 136 valence electrons. The van der Waals surface area contributed by atoms with Crippen molar-refractivity contribution in [3.8, 4) is 11.4 Å². The van der Waals surface area contributed by atoms with Crippen molar-refractivity contribution < 1.29 is 9.59 Å². The standard InChI is InChI=1S/C20H23N3O3/c1-12-17-13-7-6-10-21(13)19(2,3)20(4,5)22(17)11-14(18(12)26)23-15(24)8-9-16(23)25/h6-7,10-11H,8-9H2,1-5H3. The van der Waals surface area contributed by atoms with Crippen molar-refractivity contribution in [2.45, 2.75) is 58.5 Å². The van der Waals surface area contributed by atoms with Crippen LogP contribution in [0.3, 0.4) is 0 Å². The first-order valence-electron chi connectivity index (χ1n) is 8.90. The van der Waals surface area contributed by atoms with Crippen molar-refractivity contribution >= 4 is 17.5 Å². The van der Waals surface area contributed by atoms with Crippen LogP contribution in [0.5, 0.6) is 0 Å². The Labute approximate surface area is 152 Å². The predicted octanol–water partition coefficient (Wildman–Crippen LogP) is 2.76. The number of pyridine rings is 1. The van der Waals surface area contributed by atoms with E-state index in [4.69, 9.17) is 0 Å². The third kappa shape index (κ3) is 1.84. The van der Waals surface area contributed by atoms with Crippen LogP contribution in [0.15, 0.2) is 29.3 Å². The molecule has 2 aromatic rings. The minimum Gasteiger partial charge on any atom is -0.338 e. The van der Waals surface area contributed by atoms with E-state index >= 15 is 0 Å². The molecule has 0 bridgehead atoms. The van der Waals surface area contributed by atoms with Gasteiger partial charge in [0.05, 0.1) is 22.5 Å². The van der Waals surface area contributed by atoms with E-state index in [0.29, 0.717) is 5.56 Å². The Bertz CT molecular complexity index is 1010. The lowest BCUT2D eigenvalue weighted by atomic mass is 9.79. The number of rotatable bonds is 1. The monoisotopic (exact) mass is 353 g/mol. The Balaban J connectivity index is 2.08. The topological polar surface area (TPSA) is 64.3 Å². The van der Waals surface area contributed by atoms with Crippen molar-refractivity contribution in [3.63, 3.8) is 0 Å². The van der Waals surface area contributed by atoms with Gasteiger partial charge in [-0.2, -0.15) is 0 Å². The van der Waals surface area contributed by atoms with Gasteiger partial charge >= 0.3 is 0 Å². The van der Waals surface area contributed by atoms with Crippen LogP contribution in [0.25, 0.3) is 11.4 Å². The van der Waals surface area contributed by atoms with E-state index in [1.54, 1.807) is 13.1 Å². The SMILES string of the molecule is Cc1c2n(cc(N3C(=O)CCC3=O)c1=O)C(C)(C)C(C)(C)n1cccc1-2. The number of fused-ring (bicyclic) bond motifs is 3. The smallest absolute Gasteiger partial charge is 0.234 e. The average molecular weight is 353 g/mol. The summed E-state index contributed by atoms with van der Waals surface area (Å²) >= 11 is 0. The van der Waals surface area contributed by atoms with Gasteiger partial charge in [-0.15, -0.1) is 0 Å². The molecule has 26 heavy (non-hydrogen) atoms. The summed E-state index contributed by atoms with van der Waals surface area (Å²) in [5.74, 6) is -0.605. The second kappa shape index (κ2) is 4.96. The second-order valence-electron chi connectivity index (χ2n) is 8.19. The van der Waals surface area contributed by atoms with Gasteiger partial charge in [0.15, 0.2) is 0 Å². The zero-order valence-corrected chi connectivity index (χ0v) is 15.8. The molecular formula is C20H23N3O3. The fourth-order valence-corrected chi connectivity index (χ4v) is 4.14. The van der Waals surface area contributed by atoms with Crippen LogP contribution < -0.4 is 10.3 Å². The van der Waals surface area contributed by atoms with E-state index in [0.717, 1.165) is 16.3 Å². The molecule has 1 saturated heterocycles. The van der Waals surface area contributed by atoms with Gasteiger partial charge in [-0.05, 0) is 46.8 Å². The van der Waals surface area contributed by atoms with E-state index in [2.05, 4.69) is 36.8 Å². The van der Waals surface area contributed by atoms with Crippen LogP contribution >= 0.6 is 0 Å². The molecule has 2 amide bonds. The van der Waals surface area contributed by atoms with Crippen molar-refractivity contribution in [1.29, 1.82) is 0 Å². The van der Waals surface area contributed by atoms with Crippen LogP contribution in [0.2, 0.25) is 0 Å². The predicted molar refractivity (Wildman–Crippen MR) is 99.2 cm³/mol.